The highest BCUT2D eigenvalue weighted by atomic mass is 19.1. The number of nitrogens with one attached hydrogen (secondary N) is 1. The summed E-state index contributed by atoms with van der Waals surface area (Å²) in [5.41, 5.74) is 0.932. The number of alkyl halides is 1. The van der Waals surface area contributed by atoms with Crippen molar-refractivity contribution in [3.8, 4) is 11.5 Å². The Morgan fingerprint density at radius 1 is 1.21 bits per heavy atom. The van der Waals surface area contributed by atoms with Gasteiger partial charge >= 0.3 is 0 Å². The predicted molar refractivity (Wildman–Crippen MR) is 72.7 cm³/mol. The zero-order chi connectivity index (χ0) is 13.7. The Labute approximate surface area is 113 Å². The highest BCUT2D eigenvalue weighted by Crippen LogP contribution is 2.32. The molecular weight excluding hydrogens is 247 g/mol. The van der Waals surface area contributed by atoms with Gasteiger partial charge in [0.15, 0.2) is 11.5 Å². The molecule has 0 spiro atoms. The summed E-state index contributed by atoms with van der Waals surface area (Å²) in [6.45, 7) is 3.15. The van der Waals surface area contributed by atoms with Gasteiger partial charge in [-0.3, -0.25) is 4.90 Å². The van der Waals surface area contributed by atoms with Crippen LogP contribution in [0.3, 0.4) is 0 Å². The molecule has 106 valence electrons. The van der Waals surface area contributed by atoms with E-state index in [2.05, 4.69) is 10.2 Å². The van der Waals surface area contributed by atoms with Gasteiger partial charge in [0, 0.05) is 26.2 Å². The summed E-state index contributed by atoms with van der Waals surface area (Å²) >= 11 is 0. The Kier molecular flexibility index (Phi) is 4.99. The number of piperazine rings is 1. The van der Waals surface area contributed by atoms with E-state index >= 15 is 0 Å². The molecule has 0 saturated carbocycles. The number of halogens is 1. The van der Waals surface area contributed by atoms with Gasteiger partial charge in [0.1, 0.15) is 6.67 Å². The molecule has 1 atom stereocenters. The van der Waals surface area contributed by atoms with Crippen LogP contribution in [0, 0.1) is 0 Å². The Morgan fingerprint density at radius 3 is 2.47 bits per heavy atom. The molecule has 0 aromatic heterocycles. The molecule has 4 nitrogen and oxygen atoms in total. The fourth-order valence-electron chi connectivity index (χ4n) is 2.45. The topological polar surface area (TPSA) is 33.7 Å². The van der Waals surface area contributed by atoms with Crippen LogP contribution < -0.4 is 14.8 Å². The minimum atomic E-state index is -0.393. The van der Waals surface area contributed by atoms with Crippen LogP contribution in [-0.2, 0) is 0 Å². The van der Waals surface area contributed by atoms with E-state index in [4.69, 9.17) is 9.47 Å². The molecule has 1 aromatic carbocycles. The van der Waals surface area contributed by atoms with Crippen molar-refractivity contribution in [3.05, 3.63) is 23.8 Å². The minimum Gasteiger partial charge on any atom is -0.493 e. The summed E-state index contributed by atoms with van der Waals surface area (Å²) in [6, 6.07) is 5.40. The van der Waals surface area contributed by atoms with Gasteiger partial charge in [0.2, 0.25) is 0 Å². The Morgan fingerprint density at radius 2 is 1.89 bits per heavy atom. The fraction of sp³-hybridized carbons (Fsp3) is 0.571. The van der Waals surface area contributed by atoms with Crippen molar-refractivity contribution in [2.75, 3.05) is 47.1 Å². The molecule has 0 aliphatic carbocycles. The van der Waals surface area contributed by atoms with E-state index in [1.165, 1.54) is 0 Å². The maximum atomic E-state index is 13.4. The Balaban J connectivity index is 2.22. The lowest BCUT2D eigenvalue weighted by atomic mass is 10.0. The van der Waals surface area contributed by atoms with Gasteiger partial charge in [0.05, 0.1) is 20.3 Å². The molecule has 1 N–H and O–H groups in total. The van der Waals surface area contributed by atoms with E-state index in [-0.39, 0.29) is 6.04 Å². The van der Waals surface area contributed by atoms with Crippen molar-refractivity contribution < 1.29 is 13.9 Å². The largest absolute Gasteiger partial charge is 0.493 e. The number of methoxy groups -OCH3 is 2. The van der Waals surface area contributed by atoms with E-state index in [1.807, 2.05) is 18.2 Å². The summed E-state index contributed by atoms with van der Waals surface area (Å²) in [7, 11) is 3.19. The third kappa shape index (κ3) is 3.16. The predicted octanol–water partition coefficient (Wildman–Crippen LogP) is 1.62. The average molecular weight is 268 g/mol. The lowest BCUT2D eigenvalue weighted by molar-refractivity contribution is 0.147. The van der Waals surface area contributed by atoms with E-state index in [0.717, 1.165) is 31.7 Å². The van der Waals surface area contributed by atoms with Crippen molar-refractivity contribution in [1.82, 2.24) is 10.2 Å². The van der Waals surface area contributed by atoms with E-state index in [9.17, 15) is 4.39 Å². The van der Waals surface area contributed by atoms with Crippen LogP contribution in [0.4, 0.5) is 4.39 Å². The second kappa shape index (κ2) is 6.73. The molecule has 0 amide bonds. The summed E-state index contributed by atoms with van der Waals surface area (Å²) < 4.78 is 23.9. The van der Waals surface area contributed by atoms with Gasteiger partial charge in [-0.05, 0) is 17.7 Å². The van der Waals surface area contributed by atoms with Gasteiger partial charge in [-0.1, -0.05) is 6.07 Å². The smallest absolute Gasteiger partial charge is 0.161 e. The second-order valence-electron chi connectivity index (χ2n) is 4.57. The summed E-state index contributed by atoms with van der Waals surface area (Å²) in [4.78, 5) is 2.16. The molecule has 1 aliphatic heterocycles. The van der Waals surface area contributed by atoms with Crippen molar-refractivity contribution >= 4 is 0 Å². The minimum absolute atomic E-state index is 0.207. The van der Waals surface area contributed by atoms with Crippen LogP contribution in [-0.4, -0.2) is 52.0 Å². The number of rotatable bonds is 5. The van der Waals surface area contributed by atoms with Gasteiger partial charge in [-0.25, -0.2) is 4.39 Å². The summed E-state index contributed by atoms with van der Waals surface area (Å²) in [6.07, 6.45) is 0. The second-order valence-corrected chi connectivity index (χ2v) is 4.57. The van der Waals surface area contributed by atoms with E-state index < -0.39 is 6.67 Å². The molecule has 1 aromatic rings. The average Bonchev–Trinajstić information content (AvgIpc) is 2.49. The molecule has 1 heterocycles. The number of hydrogen-bond donors (Lipinski definition) is 1. The zero-order valence-corrected chi connectivity index (χ0v) is 11.5. The Bertz CT molecular complexity index is 408. The number of ether oxygens (including phenoxy) is 2. The molecule has 1 aliphatic rings. The fourth-order valence-corrected chi connectivity index (χ4v) is 2.45. The van der Waals surface area contributed by atoms with E-state index in [0.29, 0.717) is 11.5 Å². The maximum Gasteiger partial charge on any atom is 0.161 e. The molecule has 2 rings (SSSR count). The number of nitrogens with zero attached hydrogens (tertiary/aromatic N) is 1. The first-order valence-electron chi connectivity index (χ1n) is 6.52. The molecular formula is C14H21FN2O2. The van der Waals surface area contributed by atoms with Crippen molar-refractivity contribution in [1.29, 1.82) is 0 Å². The summed E-state index contributed by atoms with van der Waals surface area (Å²) in [5.74, 6) is 1.32. The molecule has 0 bridgehead atoms. The monoisotopic (exact) mass is 268 g/mol. The van der Waals surface area contributed by atoms with Crippen LogP contribution in [0.5, 0.6) is 11.5 Å². The third-order valence-corrected chi connectivity index (χ3v) is 3.53. The van der Waals surface area contributed by atoms with Gasteiger partial charge in [-0.2, -0.15) is 0 Å². The lowest BCUT2D eigenvalue weighted by Crippen LogP contribution is -2.45. The molecule has 1 fully saturated rings. The molecule has 5 heteroatoms. The van der Waals surface area contributed by atoms with Crippen LogP contribution in [0.1, 0.15) is 11.6 Å². The maximum absolute atomic E-state index is 13.4. The first kappa shape index (κ1) is 14.1. The highest BCUT2D eigenvalue weighted by Gasteiger charge is 2.23. The first-order chi connectivity index (χ1) is 9.30. The van der Waals surface area contributed by atoms with Gasteiger partial charge in [0.25, 0.3) is 0 Å². The van der Waals surface area contributed by atoms with Crippen LogP contribution in [0.15, 0.2) is 18.2 Å². The van der Waals surface area contributed by atoms with Crippen LogP contribution in [0.25, 0.3) is 0 Å². The van der Waals surface area contributed by atoms with Crippen LogP contribution in [0.2, 0.25) is 0 Å². The quantitative estimate of drug-likeness (QED) is 0.880. The normalized spacial score (nSPS) is 18.1. The van der Waals surface area contributed by atoms with Crippen LogP contribution >= 0.6 is 0 Å². The zero-order valence-electron chi connectivity index (χ0n) is 11.5. The highest BCUT2D eigenvalue weighted by molar-refractivity contribution is 5.43. The van der Waals surface area contributed by atoms with Crippen molar-refractivity contribution in [2.24, 2.45) is 0 Å². The number of benzene rings is 1. The van der Waals surface area contributed by atoms with Crippen molar-refractivity contribution in [2.45, 2.75) is 6.04 Å². The van der Waals surface area contributed by atoms with Gasteiger partial charge in [-0.15, -0.1) is 0 Å². The lowest BCUT2D eigenvalue weighted by Gasteiger charge is -2.33. The molecule has 1 saturated heterocycles. The standard InChI is InChI=1S/C14H21FN2O2/c1-18-13-4-3-11(9-14(13)19-2)12(10-15)17-7-5-16-6-8-17/h3-4,9,12,16H,5-8,10H2,1-2H3/t12-/m0/s1. The third-order valence-electron chi connectivity index (χ3n) is 3.53. The molecule has 0 radical (unpaired) electrons. The first-order valence-corrected chi connectivity index (χ1v) is 6.52. The van der Waals surface area contributed by atoms with E-state index in [1.54, 1.807) is 14.2 Å². The van der Waals surface area contributed by atoms with Crippen molar-refractivity contribution in [3.63, 3.8) is 0 Å². The number of hydrogen-bond acceptors (Lipinski definition) is 4. The van der Waals surface area contributed by atoms with Gasteiger partial charge < -0.3 is 14.8 Å². The molecule has 19 heavy (non-hydrogen) atoms. The summed E-state index contributed by atoms with van der Waals surface area (Å²) in [5, 5.41) is 3.28. The Hall–Kier alpha value is -1.33. The molecule has 0 unspecified atom stereocenters. The SMILES string of the molecule is COc1ccc([C@H](CF)N2CCNCC2)cc1OC.